The number of imidazole rings is 1. The number of aromatic hydroxyl groups is 2. The number of aryl methyl sites for hydroxylation is 1. The summed E-state index contributed by atoms with van der Waals surface area (Å²) in [5, 5.41) is 43.6. The van der Waals surface area contributed by atoms with E-state index in [1.54, 1.807) is 18.2 Å². The number of hydrogen-bond acceptors (Lipinski definition) is 15. The van der Waals surface area contributed by atoms with Crippen LogP contribution in [0.25, 0.3) is 22.5 Å². The largest absolute Gasteiger partial charge is 0.508 e. The first kappa shape index (κ1) is 50.8. The molecule has 0 atom stereocenters. The van der Waals surface area contributed by atoms with E-state index in [1.807, 2.05) is 53.1 Å². The normalized spacial score (nSPS) is 12.9. The van der Waals surface area contributed by atoms with Gasteiger partial charge in [-0.1, -0.05) is 73.5 Å². The molecule has 4 heterocycles. The number of ether oxygens (including phenoxy) is 5. The summed E-state index contributed by atoms with van der Waals surface area (Å²) in [4.78, 5) is 56.4. The molecule has 0 bridgehead atoms. The van der Waals surface area contributed by atoms with Crippen LogP contribution < -0.4 is 20.7 Å². The van der Waals surface area contributed by atoms with Gasteiger partial charge in [0.25, 0.3) is 5.91 Å². The van der Waals surface area contributed by atoms with Gasteiger partial charge in [0.1, 0.15) is 42.0 Å². The van der Waals surface area contributed by atoms with Gasteiger partial charge in [-0.2, -0.15) is 5.21 Å². The number of nitrogens with one attached hydrogen (secondary N) is 4. The number of halogens is 1. The van der Waals surface area contributed by atoms with Crippen LogP contribution in [0.2, 0.25) is 5.15 Å². The van der Waals surface area contributed by atoms with Crippen molar-refractivity contribution in [1.29, 1.82) is 0 Å². The predicted molar refractivity (Wildman–Crippen MR) is 268 cm³/mol. The molecule has 0 fully saturated rings. The Morgan fingerprint density at radius 2 is 1.43 bits per heavy atom. The highest BCUT2D eigenvalue weighted by atomic mass is 35.5. The number of esters is 1. The molecule has 2 aliphatic heterocycles. The molecule has 74 heavy (non-hydrogen) atoms. The van der Waals surface area contributed by atoms with Crippen molar-refractivity contribution in [3.8, 4) is 45.5 Å². The Kier molecular flexibility index (Phi) is 15.9. The van der Waals surface area contributed by atoms with E-state index >= 15 is 0 Å². The Balaban J connectivity index is 0.665. The third kappa shape index (κ3) is 11.2. The van der Waals surface area contributed by atoms with E-state index in [1.165, 1.54) is 36.4 Å². The summed E-state index contributed by atoms with van der Waals surface area (Å²) in [5.74, 6) is -0.205. The fourth-order valence-corrected chi connectivity index (χ4v) is 9.11. The minimum absolute atomic E-state index is 0.0696. The average molecular weight is 1030 g/mol. The molecular weight excluding hydrogens is 974 g/mol. The number of tetrazole rings is 1. The van der Waals surface area contributed by atoms with Gasteiger partial charge in [0.2, 0.25) is 17.6 Å². The lowest BCUT2D eigenvalue weighted by atomic mass is 9.77. The van der Waals surface area contributed by atoms with E-state index in [0.29, 0.717) is 39.9 Å². The number of phenols is 2. The molecule has 0 saturated heterocycles. The fraction of sp³-hybridized carbons (Fsp3) is 0.283. The molecule has 9 rings (SSSR count). The van der Waals surface area contributed by atoms with Gasteiger partial charge < -0.3 is 54.4 Å². The Labute approximate surface area is 429 Å². The first-order valence-corrected chi connectivity index (χ1v) is 24.3. The van der Waals surface area contributed by atoms with Gasteiger partial charge in [-0.15, -0.1) is 10.2 Å². The van der Waals surface area contributed by atoms with Gasteiger partial charge >= 0.3 is 5.97 Å². The summed E-state index contributed by atoms with van der Waals surface area (Å²) in [6.45, 7) is 3.27. The molecule has 2 aliphatic rings. The van der Waals surface area contributed by atoms with Crippen LogP contribution in [0.5, 0.6) is 23.0 Å². The van der Waals surface area contributed by atoms with Crippen molar-refractivity contribution >= 4 is 35.3 Å². The molecule has 1 spiro atoms. The standard InChI is InChI=1S/C53H52ClN9O11/c1-2-3-8-46-58-49(54)43(63(46)29-32-9-11-33(12-10-32)37-6-4-5-7-38(37)50-59-61-62-60-50)28-57-48(67)31-72-30-47(66)55-19-21-70-23-24-71-22-20-56-51(68)34-13-16-39-42(25-34)53(74-52(39)69)40-17-14-35(64)26-44(40)73-45-27-36(65)15-18-41(45)53/h4-7,9-18,25-27,64-65H,2-3,8,19-24,28-31H2,1H3,(H,55,66)(H,56,68)(H,57,67)(H,59,60,61,62). The summed E-state index contributed by atoms with van der Waals surface area (Å²) in [6, 6.07) is 29.6. The van der Waals surface area contributed by atoms with Crippen LogP contribution in [0.3, 0.4) is 0 Å². The number of aromatic nitrogens is 6. The number of rotatable bonds is 23. The van der Waals surface area contributed by atoms with Crippen LogP contribution in [-0.2, 0) is 53.6 Å². The van der Waals surface area contributed by atoms with Crippen molar-refractivity contribution < 1.29 is 53.1 Å². The molecular formula is C53H52ClN9O11. The number of unbranched alkanes of at least 4 members (excludes halogenated alkanes) is 1. The van der Waals surface area contributed by atoms with Gasteiger partial charge in [0, 0.05) is 66.0 Å². The molecule has 0 radical (unpaired) electrons. The summed E-state index contributed by atoms with van der Waals surface area (Å²) in [5.41, 5.74) is 4.82. The zero-order valence-corrected chi connectivity index (χ0v) is 40.9. The molecule has 0 saturated carbocycles. The number of fused-ring (bicyclic) bond motifs is 6. The number of nitrogens with zero attached hydrogens (tertiary/aromatic N) is 5. The lowest BCUT2D eigenvalue weighted by Gasteiger charge is -2.36. The number of carbonyl (C=O) groups excluding carboxylic acids is 4. The van der Waals surface area contributed by atoms with Crippen LogP contribution in [0, 0.1) is 0 Å². The quantitative estimate of drug-likeness (QED) is 0.0319. The number of H-pyrrole nitrogens is 1. The van der Waals surface area contributed by atoms with Crippen LogP contribution in [0.4, 0.5) is 0 Å². The minimum Gasteiger partial charge on any atom is -0.508 e. The van der Waals surface area contributed by atoms with E-state index in [-0.39, 0.29) is 93.4 Å². The zero-order valence-electron chi connectivity index (χ0n) is 40.2. The molecule has 2 aromatic heterocycles. The number of hydrogen-bond donors (Lipinski definition) is 6. The number of phenolic OH excluding ortho intramolecular Hbond substituents is 2. The third-order valence-corrected chi connectivity index (χ3v) is 12.7. The van der Waals surface area contributed by atoms with Crippen LogP contribution in [-0.4, -0.2) is 117 Å². The van der Waals surface area contributed by atoms with Crippen molar-refractivity contribution in [3.63, 3.8) is 0 Å². The van der Waals surface area contributed by atoms with Crippen molar-refractivity contribution in [3.05, 3.63) is 153 Å². The molecule has 5 aromatic carbocycles. The van der Waals surface area contributed by atoms with Gasteiger partial charge in [-0.25, -0.2) is 9.78 Å². The maximum Gasteiger partial charge on any atom is 0.340 e. The second-order valence-corrected chi connectivity index (χ2v) is 17.7. The first-order chi connectivity index (χ1) is 36.0. The Morgan fingerprint density at radius 3 is 2.11 bits per heavy atom. The number of benzene rings is 5. The van der Waals surface area contributed by atoms with E-state index < -0.39 is 29.3 Å². The maximum absolute atomic E-state index is 13.3. The highest BCUT2D eigenvalue weighted by Crippen LogP contribution is 2.57. The highest BCUT2D eigenvalue weighted by Gasteiger charge is 2.54. The van der Waals surface area contributed by atoms with Crippen molar-refractivity contribution in [2.75, 3.05) is 52.7 Å². The first-order valence-electron chi connectivity index (χ1n) is 24.0. The average Bonchev–Trinajstić information content (AvgIpc) is 4.12. The van der Waals surface area contributed by atoms with Crippen LogP contribution in [0.15, 0.2) is 103 Å². The zero-order chi connectivity index (χ0) is 51.6. The topological polar surface area (TPSA) is 263 Å². The van der Waals surface area contributed by atoms with Crippen LogP contribution >= 0.6 is 11.6 Å². The monoisotopic (exact) mass is 1030 g/mol. The molecule has 0 aliphatic carbocycles. The van der Waals surface area contributed by atoms with E-state index in [9.17, 15) is 29.4 Å². The van der Waals surface area contributed by atoms with Crippen molar-refractivity contribution in [1.82, 2.24) is 46.1 Å². The smallest absolute Gasteiger partial charge is 0.340 e. The summed E-state index contributed by atoms with van der Waals surface area (Å²) >= 11 is 6.66. The van der Waals surface area contributed by atoms with Gasteiger partial charge in [0.15, 0.2) is 10.8 Å². The molecule has 7 aromatic rings. The minimum atomic E-state index is -1.50. The van der Waals surface area contributed by atoms with Crippen LogP contribution in [0.1, 0.15) is 74.3 Å². The summed E-state index contributed by atoms with van der Waals surface area (Å²) < 4.78 is 30.7. The summed E-state index contributed by atoms with van der Waals surface area (Å²) in [6.07, 6.45) is 2.61. The van der Waals surface area contributed by atoms with E-state index in [0.717, 1.165) is 47.3 Å². The van der Waals surface area contributed by atoms with Crippen molar-refractivity contribution in [2.45, 2.75) is 44.9 Å². The van der Waals surface area contributed by atoms with E-state index in [2.05, 4.69) is 48.5 Å². The number of amides is 3. The Hall–Kier alpha value is -8.17. The lowest BCUT2D eigenvalue weighted by Crippen LogP contribution is -2.33. The second kappa shape index (κ2) is 23.1. The fourth-order valence-electron chi connectivity index (χ4n) is 8.85. The molecule has 382 valence electrons. The molecule has 20 nitrogen and oxygen atoms in total. The third-order valence-electron chi connectivity index (χ3n) is 12.4. The summed E-state index contributed by atoms with van der Waals surface area (Å²) in [7, 11) is 0. The second-order valence-electron chi connectivity index (χ2n) is 17.3. The molecule has 3 amide bonds. The van der Waals surface area contributed by atoms with E-state index in [4.69, 9.17) is 35.3 Å². The molecule has 0 unspecified atom stereocenters. The Bertz CT molecular complexity index is 3110. The number of aromatic amines is 1. The van der Waals surface area contributed by atoms with Crippen molar-refractivity contribution in [2.24, 2.45) is 0 Å². The Morgan fingerprint density at radius 1 is 0.757 bits per heavy atom. The predicted octanol–water partition coefficient (Wildman–Crippen LogP) is 5.97. The van der Waals surface area contributed by atoms with Gasteiger partial charge in [-0.3, -0.25) is 14.4 Å². The highest BCUT2D eigenvalue weighted by molar-refractivity contribution is 6.30. The van der Waals surface area contributed by atoms with Gasteiger partial charge in [0.05, 0.1) is 44.2 Å². The number of carbonyl (C=O) groups is 4. The molecule has 21 heteroatoms. The lowest BCUT2D eigenvalue weighted by molar-refractivity contribution is -0.131. The molecule has 6 N–H and O–H groups in total. The SMILES string of the molecule is CCCCc1nc(Cl)c(CNC(=O)COCC(=O)NCCOCCOCCNC(=O)c2ccc3c(c2)C2(OC3=O)c3ccc(O)cc3Oc3cc(O)ccc32)n1Cc1ccc(-c2ccccc2-c2nn[nH]n2)cc1. The van der Waals surface area contributed by atoms with Gasteiger partial charge in [-0.05, 0) is 70.8 Å². The maximum atomic E-state index is 13.3.